The highest BCUT2D eigenvalue weighted by Crippen LogP contribution is 2.28. The molecule has 0 radical (unpaired) electrons. The Morgan fingerprint density at radius 3 is 2.67 bits per heavy atom. The quantitative estimate of drug-likeness (QED) is 0.610. The van der Waals surface area contributed by atoms with E-state index in [0.29, 0.717) is 5.92 Å². The molecule has 1 saturated carbocycles. The predicted molar refractivity (Wildman–Crippen MR) is 81.3 cm³/mol. The van der Waals surface area contributed by atoms with Gasteiger partial charge in [0.2, 0.25) is 0 Å². The van der Waals surface area contributed by atoms with Crippen molar-refractivity contribution in [3.05, 3.63) is 28.8 Å². The van der Waals surface area contributed by atoms with Crippen LogP contribution in [-0.2, 0) is 13.8 Å². The number of carbonyl (C=O) groups excluding carboxylic acids is 1. The van der Waals surface area contributed by atoms with Crippen molar-refractivity contribution in [2.45, 2.75) is 43.6 Å². The fourth-order valence-electron chi connectivity index (χ4n) is 2.52. The first-order valence-electron chi connectivity index (χ1n) is 6.72. The Morgan fingerprint density at radius 2 is 2.05 bits per heavy atom. The van der Waals surface area contributed by atoms with E-state index in [1.807, 2.05) is 0 Å². The highest BCUT2D eigenvalue weighted by Gasteiger charge is 2.24. The summed E-state index contributed by atoms with van der Waals surface area (Å²) in [5.74, 6) is -0.0205. The molecule has 0 heterocycles. The van der Waals surface area contributed by atoms with Crippen LogP contribution in [-0.4, -0.2) is 20.5 Å². The van der Waals surface area contributed by atoms with E-state index >= 15 is 0 Å². The Bertz CT molecular complexity index is 642. The topological polar surface area (TPSA) is 60.4 Å². The molecule has 0 saturated heterocycles. The zero-order valence-corrected chi connectivity index (χ0v) is 13.8. The molecule has 0 aliphatic heterocycles. The molecule has 21 heavy (non-hydrogen) atoms. The summed E-state index contributed by atoms with van der Waals surface area (Å²) in [7, 11) is 1.29. The fourth-order valence-corrected chi connectivity index (χ4v) is 4.01. The minimum Gasteiger partial charge on any atom is -0.459 e. The van der Waals surface area contributed by atoms with Crippen LogP contribution in [0.1, 0.15) is 43.0 Å². The minimum atomic E-state index is -4.00. The third-order valence-electron chi connectivity index (χ3n) is 3.59. The van der Waals surface area contributed by atoms with Gasteiger partial charge < -0.3 is 4.74 Å². The number of esters is 1. The van der Waals surface area contributed by atoms with Crippen molar-refractivity contribution in [2.75, 3.05) is 0 Å². The monoisotopic (exact) mass is 350 g/mol. The number of carbonyl (C=O) groups is 1. The SMILES string of the molecule is CC1CCCC(OC(=O)c2ccc(Cl)c(S(=O)(=O)Cl)c2)C1. The van der Waals surface area contributed by atoms with Crippen molar-refractivity contribution in [3.63, 3.8) is 0 Å². The van der Waals surface area contributed by atoms with Crippen molar-refractivity contribution in [3.8, 4) is 0 Å². The first kappa shape index (κ1) is 16.6. The molecule has 2 rings (SSSR count). The third kappa shape index (κ3) is 4.34. The van der Waals surface area contributed by atoms with Crippen molar-refractivity contribution in [1.82, 2.24) is 0 Å². The van der Waals surface area contributed by atoms with E-state index in [9.17, 15) is 13.2 Å². The van der Waals surface area contributed by atoms with Crippen LogP contribution in [0.15, 0.2) is 23.1 Å². The maximum absolute atomic E-state index is 12.1. The number of benzene rings is 1. The van der Waals surface area contributed by atoms with Crippen LogP contribution in [0.2, 0.25) is 5.02 Å². The Morgan fingerprint density at radius 1 is 1.33 bits per heavy atom. The summed E-state index contributed by atoms with van der Waals surface area (Å²) >= 11 is 5.78. The molecule has 7 heteroatoms. The van der Waals surface area contributed by atoms with E-state index in [1.54, 1.807) is 0 Å². The minimum absolute atomic E-state index is 0.0205. The Hall–Kier alpha value is -0.780. The highest BCUT2D eigenvalue weighted by atomic mass is 35.7. The van der Waals surface area contributed by atoms with E-state index in [1.165, 1.54) is 12.1 Å². The van der Waals surface area contributed by atoms with Gasteiger partial charge in [0.1, 0.15) is 11.0 Å². The lowest BCUT2D eigenvalue weighted by Crippen LogP contribution is -2.24. The van der Waals surface area contributed by atoms with Gasteiger partial charge in [0.15, 0.2) is 0 Å². The number of halogens is 2. The van der Waals surface area contributed by atoms with Crippen molar-refractivity contribution in [1.29, 1.82) is 0 Å². The van der Waals surface area contributed by atoms with Gasteiger partial charge in [0.25, 0.3) is 9.05 Å². The molecule has 1 aromatic carbocycles. The van der Waals surface area contributed by atoms with Crippen molar-refractivity contribution in [2.24, 2.45) is 5.92 Å². The molecular formula is C14H16Cl2O4S. The number of hydrogen-bond donors (Lipinski definition) is 0. The molecule has 1 aromatic rings. The molecule has 116 valence electrons. The van der Waals surface area contributed by atoms with E-state index in [4.69, 9.17) is 27.0 Å². The molecule has 0 amide bonds. The second-order valence-corrected chi connectivity index (χ2v) is 8.32. The lowest BCUT2D eigenvalue weighted by molar-refractivity contribution is 0.0155. The largest absolute Gasteiger partial charge is 0.459 e. The lowest BCUT2D eigenvalue weighted by atomic mass is 9.89. The van der Waals surface area contributed by atoms with E-state index in [-0.39, 0.29) is 21.6 Å². The normalized spacial score (nSPS) is 22.8. The van der Waals surface area contributed by atoms with Crippen LogP contribution in [0.5, 0.6) is 0 Å². The maximum atomic E-state index is 12.1. The Kier molecular flexibility index (Phi) is 5.17. The summed E-state index contributed by atoms with van der Waals surface area (Å²) in [4.78, 5) is 11.8. The first-order valence-corrected chi connectivity index (χ1v) is 9.41. The molecule has 0 bridgehead atoms. The van der Waals surface area contributed by atoms with Gasteiger partial charge in [0.05, 0.1) is 10.6 Å². The van der Waals surface area contributed by atoms with Crippen LogP contribution in [0.25, 0.3) is 0 Å². The highest BCUT2D eigenvalue weighted by molar-refractivity contribution is 8.13. The zero-order chi connectivity index (χ0) is 15.6. The van der Waals surface area contributed by atoms with Crippen LogP contribution >= 0.6 is 22.3 Å². The molecule has 2 atom stereocenters. The Balaban J connectivity index is 2.16. The average molecular weight is 351 g/mol. The van der Waals surface area contributed by atoms with E-state index in [0.717, 1.165) is 31.7 Å². The van der Waals surface area contributed by atoms with Gasteiger partial charge in [-0.05, 0) is 43.4 Å². The summed E-state index contributed by atoms with van der Waals surface area (Å²) in [6.07, 6.45) is 3.72. The third-order valence-corrected chi connectivity index (χ3v) is 5.40. The molecule has 0 spiro atoms. The van der Waals surface area contributed by atoms with E-state index in [2.05, 4.69) is 6.92 Å². The molecule has 2 unspecified atom stereocenters. The van der Waals surface area contributed by atoms with E-state index < -0.39 is 15.0 Å². The average Bonchev–Trinajstić information content (AvgIpc) is 2.37. The second kappa shape index (κ2) is 6.55. The van der Waals surface area contributed by atoms with Crippen LogP contribution in [0, 0.1) is 5.92 Å². The second-order valence-electron chi connectivity index (χ2n) is 5.38. The van der Waals surface area contributed by atoms with Crippen molar-refractivity contribution < 1.29 is 17.9 Å². The number of rotatable bonds is 3. The van der Waals surface area contributed by atoms with Gasteiger partial charge >= 0.3 is 5.97 Å². The predicted octanol–water partition coefficient (Wildman–Crippen LogP) is 4.00. The van der Waals surface area contributed by atoms with Crippen LogP contribution in [0.4, 0.5) is 0 Å². The number of ether oxygens (including phenoxy) is 1. The number of hydrogen-bond acceptors (Lipinski definition) is 4. The van der Waals surface area contributed by atoms with Crippen LogP contribution < -0.4 is 0 Å². The van der Waals surface area contributed by atoms with Gasteiger partial charge in [-0.25, -0.2) is 13.2 Å². The van der Waals surface area contributed by atoms with Gasteiger partial charge in [-0.3, -0.25) is 0 Å². The standard InChI is InChI=1S/C14H16Cl2O4S/c1-9-3-2-4-11(7-9)20-14(17)10-5-6-12(15)13(8-10)21(16,18)19/h5-6,8-9,11H,2-4,7H2,1H3. The molecule has 4 nitrogen and oxygen atoms in total. The van der Waals surface area contributed by atoms with Gasteiger partial charge in [0, 0.05) is 10.7 Å². The van der Waals surface area contributed by atoms with Crippen molar-refractivity contribution >= 4 is 37.3 Å². The summed E-state index contributed by atoms with van der Waals surface area (Å²) < 4.78 is 28.2. The summed E-state index contributed by atoms with van der Waals surface area (Å²) in [6, 6.07) is 3.92. The van der Waals surface area contributed by atoms with Gasteiger partial charge in [-0.15, -0.1) is 0 Å². The molecule has 1 aliphatic carbocycles. The maximum Gasteiger partial charge on any atom is 0.338 e. The molecule has 1 fully saturated rings. The lowest BCUT2D eigenvalue weighted by Gasteiger charge is -2.26. The zero-order valence-electron chi connectivity index (χ0n) is 11.5. The molecule has 1 aliphatic rings. The summed E-state index contributed by atoms with van der Waals surface area (Å²) in [6.45, 7) is 2.13. The fraction of sp³-hybridized carbons (Fsp3) is 0.500. The molecular weight excluding hydrogens is 335 g/mol. The molecule has 0 aromatic heterocycles. The summed E-state index contributed by atoms with van der Waals surface area (Å²) in [5, 5.41) is -0.0205. The van der Waals surface area contributed by atoms with Gasteiger partial charge in [-0.2, -0.15) is 0 Å². The molecule has 0 N–H and O–H groups in total. The van der Waals surface area contributed by atoms with Crippen LogP contribution in [0.3, 0.4) is 0 Å². The van der Waals surface area contributed by atoms with Gasteiger partial charge in [-0.1, -0.05) is 24.9 Å². The smallest absolute Gasteiger partial charge is 0.338 e. The Labute approximate surface area is 133 Å². The summed E-state index contributed by atoms with van der Waals surface area (Å²) in [5.41, 5.74) is 0.136. The first-order chi connectivity index (χ1) is 9.77.